The average Bonchev–Trinajstić information content (AvgIpc) is 3.51. The van der Waals surface area contributed by atoms with Crippen molar-refractivity contribution in [1.82, 2.24) is 19.9 Å². The molecule has 0 radical (unpaired) electrons. The predicted octanol–water partition coefficient (Wildman–Crippen LogP) is 3.94. The second-order valence-electron chi connectivity index (χ2n) is 10.1. The fourth-order valence-corrected chi connectivity index (χ4v) is 4.94. The third kappa shape index (κ3) is 5.19. The lowest BCUT2D eigenvalue weighted by atomic mass is 9.81. The van der Waals surface area contributed by atoms with E-state index in [1.54, 1.807) is 16.9 Å². The van der Waals surface area contributed by atoms with Crippen LogP contribution in [0.1, 0.15) is 74.7 Å². The first-order chi connectivity index (χ1) is 16.1. The van der Waals surface area contributed by atoms with Gasteiger partial charge in [-0.2, -0.15) is 5.10 Å². The van der Waals surface area contributed by atoms with Crippen LogP contribution in [0.2, 0.25) is 0 Å². The number of fused-ring (bicyclic) bond motifs is 1. The number of rotatable bonds is 8. The van der Waals surface area contributed by atoms with Gasteiger partial charge in [-0.3, -0.25) is 4.79 Å². The van der Waals surface area contributed by atoms with Crippen LogP contribution in [0.3, 0.4) is 0 Å². The number of hydrogen-bond donors (Lipinski definition) is 2. The number of nitrogens with two attached hydrogens (primary N) is 1. The molecule has 2 aromatic rings. The van der Waals surface area contributed by atoms with E-state index in [1.165, 1.54) is 0 Å². The number of nitrogens with zero attached hydrogens (tertiary/aromatic N) is 3. The molecule has 1 amide bonds. The lowest BCUT2D eigenvalue weighted by molar-refractivity contribution is -0.170. The first kappa shape index (κ1) is 23.5. The Morgan fingerprint density at radius 3 is 2.50 bits per heavy atom. The van der Waals surface area contributed by atoms with E-state index in [2.05, 4.69) is 15.4 Å². The Morgan fingerprint density at radius 2 is 1.85 bits per heavy atom. The summed E-state index contributed by atoms with van der Waals surface area (Å²) in [5.41, 5.74) is 8.34. The van der Waals surface area contributed by atoms with Crippen molar-refractivity contribution in [3.63, 3.8) is 0 Å². The number of halogens is 4. The van der Waals surface area contributed by atoms with Crippen molar-refractivity contribution in [2.24, 2.45) is 17.6 Å². The van der Waals surface area contributed by atoms with Crippen LogP contribution in [-0.4, -0.2) is 45.1 Å². The van der Waals surface area contributed by atoms with E-state index in [4.69, 9.17) is 10.5 Å². The minimum Gasteiger partial charge on any atom is -0.368 e. The highest BCUT2D eigenvalue weighted by Gasteiger charge is 2.46. The first-order valence-corrected chi connectivity index (χ1v) is 11.9. The second kappa shape index (κ2) is 8.75. The highest BCUT2D eigenvalue weighted by atomic mass is 19.3. The molecule has 3 aliphatic carbocycles. The average molecular weight is 484 g/mol. The fourth-order valence-electron chi connectivity index (χ4n) is 4.94. The molecule has 0 saturated heterocycles. The molecule has 3 N–H and O–H groups in total. The molecule has 0 aromatic carbocycles. The van der Waals surface area contributed by atoms with Crippen molar-refractivity contribution in [3.8, 4) is 0 Å². The maximum atomic E-state index is 13.5. The van der Waals surface area contributed by atoms with Crippen LogP contribution in [0, 0.1) is 11.8 Å². The zero-order valence-corrected chi connectivity index (χ0v) is 18.7. The minimum absolute atomic E-state index is 0.0573. The van der Waals surface area contributed by atoms with Crippen molar-refractivity contribution >= 4 is 11.6 Å². The monoisotopic (exact) mass is 483 g/mol. The summed E-state index contributed by atoms with van der Waals surface area (Å²) < 4.78 is 59.8. The molecule has 2 aromatic heterocycles. The van der Waals surface area contributed by atoms with Gasteiger partial charge in [0.05, 0.1) is 36.3 Å². The van der Waals surface area contributed by atoms with Gasteiger partial charge in [0.2, 0.25) is 11.8 Å². The zero-order valence-electron chi connectivity index (χ0n) is 18.7. The van der Waals surface area contributed by atoms with Gasteiger partial charge in [-0.25, -0.2) is 27.1 Å². The molecule has 0 bridgehead atoms. The van der Waals surface area contributed by atoms with Crippen LogP contribution in [0.4, 0.5) is 17.6 Å². The predicted molar refractivity (Wildman–Crippen MR) is 114 cm³/mol. The van der Waals surface area contributed by atoms with Gasteiger partial charge < -0.3 is 15.8 Å². The number of hydrogen-bond acceptors (Lipinski definition) is 5. The summed E-state index contributed by atoms with van der Waals surface area (Å²) in [5, 5.41) is 7.37. The highest BCUT2D eigenvalue weighted by Crippen LogP contribution is 2.42. The van der Waals surface area contributed by atoms with E-state index in [0.29, 0.717) is 24.2 Å². The van der Waals surface area contributed by atoms with E-state index in [9.17, 15) is 22.4 Å². The van der Waals surface area contributed by atoms with Crippen LogP contribution < -0.4 is 11.1 Å². The SMILES string of the molecule is N[C@H](c1cn2ncc(C(NC(=O)COC3CC(F)(F)C3)C3CC3)cc2n1)C1CCC(F)(F)CC1. The Morgan fingerprint density at radius 1 is 1.15 bits per heavy atom. The molecule has 7 nitrogen and oxygen atoms in total. The molecule has 186 valence electrons. The molecule has 11 heteroatoms. The number of imidazole rings is 1. The van der Waals surface area contributed by atoms with Crippen LogP contribution >= 0.6 is 0 Å². The van der Waals surface area contributed by atoms with Gasteiger partial charge in [-0.15, -0.1) is 0 Å². The molecule has 3 saturated carbocycles. The third-order valence-corrected chi connectivity index (χ3v) is 7.24. The van der Waals surface area contributed by atoms with Gasteiger partial charge in [0.1, 0.15) is 6.61 Å². The summed E-state index contributed by atoms with van der Waals surface area (Å²) in [6.45, 7) is -0.261. The Balaban J connectivity index is 1.24. The van der Waals surface area contributed by atoms with Gasteiger partial charge >= 0.3 is 0 Å². The van der Waals surface area contributed by atoms with E-state index in [0.717, 1.165) is 18.4 Å². The number of aromatic nitrogens is 3. The number of alkyl halides is 4. The number of nitrogens with one attached hydrogen (secondary N) is 1. The fraction of sp³-hybridized carbons (Fsp3) is 0.696. The highest BCUT2D eigenvalue weighted by molar-refractivity contribution is 5.77. The maximum Gasteiger partial charge on any atom is 0.253 e. The third-order valence-electron chi connectivity index (χ3n) is 7.24. The number of carbonyl (C=O) groups excluding carboxylic acids is 1. The molecule has 1 unspecified atom stereocenters. The number of ether oxygens (including phenoxy) is 1. The molecule has 2 heterocycles. The summed E-state index contributed by atoms with van der Waals surface area (Å²) in [5.74, 6) is -5.44. The van der Waals surface area contributed by atoms with Crippen molar-refractivity contribution in [1.29, 1.82) is 0 Å². The number of carbonyl (C=O) groups is 1. The molecule has 5 rings (SSSR count). The van der Waals surface area contributed by atoms with Crippen LogP contribution in [0.5, 0.6) is 0 Å². The number of amides is 1. The second-order valence-corrected chi connectivity index (χ2v) is 10.1. The van der Waals surface area contributed by atoms with E-state index in [-0.39, 0.29) is 56.1 Å². The lowest BCUT2D eigenvalue weighted by Gasteiger charge is -2.34. The smallest absolute Gasteiger partial charge is 0.253 e. The summed E-state index contributed by atoms with van der Waals surface area (Å²) in [6.07, 6.45) is 4.44. The van der Waals surface area contributed by atoms with E-state index < -0.39 is 24.0 Å². The van der Waals surface area contributed by atoms with Gasteiger partial charge in [0, 0.05) is 25.7 Å². The van der Waals surface area contributed by atoms with Crippen LogP contribution in [0.15, 0.2) is 18.5 Å². The molecular formula is C23H29F4N5O2. The lowest BCUT2D eigenvalue weighted by Crippen LogP contribution is -2.43. The van der Waals surface area contributed by atoms with Gasteiger partial charge in [0.25, 0.3) is 5.92 Å². The molecule has 2 atom stereocenters. The van der Waals surface area contributed by atoms with Gasteiger partial charge in [-0.1, -0.05) is 0 Å². The van der Waals surface area contributed by atoms with Gasteiger partial charge in [0.15, 0.2) is 5.65 Å². The zero-order chi connectivity index (χ0) is 24.1. The quantitative estimate of drug-likeness (QED) is 0.555. The Kier molecular flexibility index (Phi) is 6.04. The molecule has 0 aliphatic heterocycles. The summed E-state index contributed by atoms with van der Waals surface area (Å²) in [6, 6.07) is 1.12. The van der Waals surface area contributed by atoms with E-state index >= 15 is 0 Å². The molecular weight excluding hydrogens is 454 g/mol. The van der Waals surface area contributed by atoms with Crippen molar-refractivity contribution in [3.05, 3.63) is 29.7 Å². The Hall–Kier alpha value is -2.27. The first-order valence-electron chi connectivity index (χ1n) is 11.9. The summed E-state index contributed by atoms with van der Waals surface area (Å²) >= 11 is 0. The minimum atomic E-state index is -2.69. The van der Waals surface area contributed by atoms with Crippen molar-refractivity contribution < 1.29 is 27.1 Å². The molecule has 3 aliphatic rings. The topological polar surface area (TPSA) is 94.5 Å². The molecule has 0 spiro atoms. The Bertz CT molecular complexity index is 1040. The Labute approximate surface area is 194 Å². The molecule has 34 heavy (non-hydrogen) atoms. The largest absolute Gasteiger partial charge is 0.368 e. The summed E-state index contributed by atoms with van der Waals surface area (Å²) in [4.78, 5) is 17.0. The standard InChI is InChI=1S/C23H29F4N5O2/c24-22(25)5-3-13(4-6-22)20(28)17-11-32-18(30-17)7-15(10-29-32)21(14-1-2-14)31-19(33)12-34-16-8-23(26,27)9-16/h7,10-11,13-14,16,20-21H,1-6,8-9,12,28H2,(H,31,33)/t20-,21?/m0/s1. The van der Waals surface area contributed by atoms with Crippen LogP contribution in [0.25, 0.3) is 5.65 Å². The summed E-state index contributed by atoms with van der Waals surface area (Å²) in [7, 11) is 0. The van der Waals surface area contributed by atoms with Crippen LogP contribution in [-0.2, 0) is 9.53 Å². The molecule has 3 fully saturated rings. The maximum absolute atomic E-state index is 13.5. The van der Waals surface area contributed by atoms with Crippen molar-refractivity contribution in [2.75, 3.05) is 6.61 Å². The van der Waals surface area contributed by atoms with Gasteiger partial charge in [-0.05, 0) is 49.1 Å². The normalized spacial score (nSPS) is 24.5. The van der Waals surface area contributed by atoms with E-state index in [1.807, 2.05) is 6.07 Å². The van der Waals surface area contributed by atoms with Crippen molar-refractivity contribution in [2.45, 2.75) is 81.4 Å².